The number of thiophene rings is 1. The number of nitrogens with one attached hydrogen (secondary N) is 1. The molecule has 0 unspecified atom stereocenters. The van der Waals surface area contributed by atoms with Gasteiger partial charge >= 0.3 is 0 Å². The molecular formula is C21H16Cl2N4S. The molecule has 0 amide bonds. The Hall–Kier alpha value is -2.34. The molecule has 28 heavy (non-hydrogen) atoms. The second-order valence-corrected chi connectivity index (χ2v) is 8.57. The van der Waals surface area contributed by atoms with Gasteiger partial charge in [0.2, 0.25) is 0 Å². The van der Waals surface area contributed by atoms with Crippen LogP contribution in [0, 0.1) is 6.92 Å². The Morgan fingerprint density at radius 3 is 2.86 bits per heavy atom. The van der Waals surface area contributed by atoms with E-state index >= 15 is 0 Å². The van der Waals surface area contributed by atoms with Crippen LogP contribution in [0.5, 0.6) is 0 Å². The number of aromatic amines is 1. The van der Waals surface area contributed by atoms with Gasteiger partial charge in [0, 0.05) is 50.6 Å². The van der Waals surface area contributed by atoms with Crippen molar-refractivity contribution in [3.05, 3.63) is 64.2 Å². The standard InChI is InChI=1S/C21H16Cl2N4S/c1-12-19(17-4-2-3-9-27(17)26-12)18-11-15(14-6-5-13(22)10-16(14)23)20(28-18)21-24-7-8-25-21/h2,4-8,10-11H,3,9H2,1H3,(H,24,25). The van der Waals surface area contributed by atoms with Gasteiger partial charge in [-0.05, 0) is 37.6 Å². The molecule has 0 spiro atoms. The summed E-state index contributed by atoms with van der Waals surface area (Å²) < 4.78 is 2.09. The van der Waals surface area contributed by atoms with E-state index in [2.05, 4.69) is 39.8 Å². The third-order valence-corrected chi connectivity index (χ3v) is 6.57. The minimum absolute atomic E-state index is 0.621. The van der Waals surface area contributed by atoms with Crippen LogP contribution in [0.15, 0.2) is 42.7 Å². The molecule has 3 aromatic heterocycles. The van der Waals surface area contributed by atoms with Crippen LogP contribution in [0.1, 0.15) is 17.8 Å². The van der Waals surface area contributed by atoms with Crippen molar-refractivity contribution in [1.29, 1.82) is 0 Å². The summed E-state index contributed by atoms with van der Waals surface area (Å²) in [5.74, 6) is 0.825. The molecule has 0 fully saturated rings. The zero-order valence-electron chi connectivity index (χ0n) is 15.0. The Bertz CT molecular complexity index is 1200. The van der Waals surface area contributed by atoms with Crippen LogP contribution in [0.2, 0.25) is 10.0 Å². The monoisotopic (exact) mass is 426 g/mol. The maximum absolute atomic E-state index is 6.54. The van der Waals surface area contributed by atoms with Gasteiger partial charge < -0.3 is 4.98 Å². The van der Waals surface area contributed by atoms with Gasteiger partial charge in [-0.25, -0.2) is 4.98 Å². The molecule has 0 saturated carbocycles. The molecule has 1 aliphatic heterocycles. The quantitative estimate of drug-likeness (QED) is 0.395. The van der Waals surface area contributed by atoms with E-state index in [1.807, 2.05) is 18.3 Å². The van der Waals surface area contributed by atoms with Crippen LogP contribution in [-0.4, -0.2) is 19.7 Å². The van der Waals surface area contributed by atoms with E-state index in [-0.39, 0.29) is 0 Å². The molecule has 140 valence electrons. The van der Waals surface area contributed by atoms with Gasteiger partial charge in [0.15, 0.2) is 0 Å². The Kier molecular flexibility index (Phi) is 4.38. The molecule has 5 rings (SSSR count). The van der Waals surface area contributed by atoms with Crippen molar-refractivity contribution in [2.45, 2.75) is 19.9 Å². The summed E-state index contributed by atoms with van der Waals surface area (Å²) in [6.45, 7) is 2.98. The molecule has 7 heteroatoms. The number of aromatic nitrogens is 4. The van der Waals surface area contributed by atoms with Gasteiger partial charge in [-0.15, -0.1) is 11.3 Å². The van der Waals surface area contributed by atoms with Crippen molar-refractivity contribution >= 4 is 40.6 Å². The fourth-order valence-electron chi connectivity index (χ4n) is 3.62. The molecule has 4 nitrogen and oxygen atoms in total. The SMILES string of the molecule is Cc1nn2c(c1-c1cc(-c3ccc(Cl)cc3Cl)c(-c3ncc[nH]3)s1)C=CCC2. The summed E-state index contributed by atoms with van der Waals surface area (Å²) >= 11 is 14.3. The number of fused-ring (bicyclic) bond motifs is 1. The molecule has 1 N–H and O–H groups in total. The number of halogens is 2. The normalized spacial score (nSPS) is 13.1. The topological polar surface area (TPSA) is 46.5 Å². The van der Waals surface area contributed by atoms with Crippen molar-refractivity contribution in [3.63, 3.8) is 0 Å². The number of allylic oxidation sites excluding steroid dienone is 1. The van der Waals surface area contributed by atoms with Crippen molar-refractivity contribution in [3.8, 4) is 32.3 Å². The highest BCUT2D eigenvalue weighted by molar-refractivity contribution is 7.19. The molecular weight excluding hydrogens is 411 g/mol. The molecule has 0 radical (unpaired) electrons. The largest absolute Gasteiger partial charge is 0.344 e. The lowest BCUT2D eigenvalue weighted by Gasteiger charge is -2.08. The molecule has 1 aliphatic rings. The van der Waals surface area contributed by atoms with Gasteiger partial charge in [-0.1, -0.05) is 35.3 Å². The minimum Gasteiger partial charge on any atom is -0.344 e. The third kappa shape index (κ3) is 2.91. The van der Waals surface area contributed by atoms with Crippen LogP contribution >= 0.6 is 34.5 Å². The van der Waals surface area contributed by atoms with E-state index in [0.29, 0.717) is 10.0 Å². The van der Waals surface area contributed by atoms with Crippen LogP contribution in [0.4, 0.5) is 0 Å². The molecule has 0 saturated heterocycles. The molecule has 4 aromatic rings. The lowest BCUT2D eigenvalue weighted by Crippen LogP contribution is -2.04. The van der Waals surface area contributed by atoms with E-state index < -0.39 is 0 Å². The van der Waals surface area contributed by atoms with Crippen LogP contribution in [-0.2, 0) is 6.54 Å². The zero-order valence-corrected chi connectivity index (χ0v) is 17.4. The smallest absolute Gasteiger partial charge is 0.148 e. The van der Waals surface area contributed by atoms with E-state index in [9.17, 15) is 0 Å². The highest BCUT2D eigenvalue weighted by Gasteiger charge is 2.23. The molecule has 1 aromatic carbocycles. The average molecular weight is 427 g/mol. The number of imidazole rings is 1. The predicted octanol–water partition coefficient (Wildman–Crippen LogP) is 6.70. The second-order valence-electron chi connectivity index (χ2n) is 6.68. The minimum atomic E-state index is 0.621. The second kappa shape index (κ2) is 6.92. The molecule has 0 aliphatic carbocycles. The summed E-state index contributed by atoms with van der Waals surface area (Å²) in [5, 5.41) is 5.98. The lowest BCUT2D eigenvalue weighted by atomic mass is 10.0. The first-order chi connectivity index (χ1) is 13.6. The predicted molar refractivity (Wildman–Crippen MR) is 117 cm³/mol. The maximum atomic E-state index is 6.54. The van der Waals surface area contributed by atoms with E-state index in [1.165, 1.54) is 5.56 Å². The van der Waals surface area contributed by atoms with Crippen LogP contribution < -0.4 is 0 Å². The van der Waals surface area contributed by atoms with Crippen molar-refractivity contribution < 1.29 is 0 Å². The summed E-state index contributed by atoms with van der Waals surface area (Å²) in [6.07, 6.45) is 8.98. The summed E-state index contributed by atoms with van der Waals surface area (Å²) in [4.78, 5) is 9.90. The molecule has 4 heterocycles. The average Bonchev–Trinajstić information content (AvgIpc) is 3.38. The Balaban J connectivity index is 1.75. The van der Waals surface area contributed by atoms with Gasteiger partial charge in [-0.2, -0.15) is 5.10 Å². The van der Waals surface area contributed by atoms with E-state index in [4.69, 9.17) is 28.3 Å². The number of rotatable bonds is 3. The summed E-state index contributed by atoms with van der Waals surface area (Å²) in [6, 6.07) is 7.79. The van der Waals surface area contributed by atoms with Gasteiger partial charge in [0.1, 0.15) is 5.82 Å². The summed E-state index contributed by atoms with van der Waals surface area (Å²) in [5.41, 5.74) is 5.34. The van der Waals surface area contributed by atoms with Crippen molar-refractivity contribution in [2.24, 2.45) is 0 Å². The number of hydrogen-bond acceptors (Lipinski definition) is 3. The fourth-order valence-corrected chi connectivity index (χ4v) is 5.37. The number of hydrogen-bond donors (Lipinski definition) is 1. The Labute approximate surface area is 176 Å². The molecule has 0 atom stereocenters. The van der Waals surface area contributed by atoms with Crippen molar-refractivity contribution in [1.82, 2.24) is 19.7 Å². The fraction of sp³-hybridized carbons (Fsp3) is 0.143. The number of nitrogens with zero attached hydrogens (tertiary/aromatic N) is 3. The Morgan fingerprint density at radius 1 is 1.18 bits per heavy atom. The molecule has 0 bridgehead atoms. The first kappa shape index (κ1) is 17.7. The van der Waals surface area contributed by atoms with Crippen LogP contribution in [0.3, 0.4) is 0 Å². The number of aryl methyl sites for hydroxylation is 2. The van der Waals surface area contributed by atoms with Crippen molar-refractivity contribution in [2.75, 3.05) is 0 Å². The van der Waals surface area contributed by atoms with Gasteiger partial charge in [0.25, 0.3) is 0 Å². The van der Waals surface area contributed by atoms with Gasteiger partial charge in [0.05, 0.1) is 16.3 Å². The number of H-pyrrole nitrogens is 1. The van der Waals surface area contributed by atoms with Crippen LogP contribution in [0.25, 0.3) is 38.3 Å². The first-order valence-electron chi connectivity index (χ1n) is 8.95. The summed E-state index contributed by atoms with van der Waals surface area (Å²) in [7, 11) is 0. The maximum Gasteiger partial charge on any atom is 0.148 e. The van der Waals surface area contributed by atoms with E-state index in [0.717, 1.165) is 51.1 Å². The lowest BCUT2D eigenvalue weighted by molar-refractivity contribution is 0.605. The Morgan fingerprint density at radius 2 is 2.07 bits per heavy atom. The van der Waals surface area contributed by atoms with Gasteiger partial charge in [-0.3, -0.25) is 4.68 Å². The third-order valence-electron chi connectivity index (χ3n) is 4.86. The number of benzene rings is 1. The highest BCUT2D eigenvalue weighted by Crippen LogP contribution is 2.46. The first-order valence-corrected chi connectivity index (χ1v) is 10.5. The van der Waals surface area contributed by atoms with E-state index in [1.54, 1.807) is 23.6 Å². The highest BCUT2D eigenvalue weighted by atomic mass is 35.5. The zero-order chi connectivity index (χ0) is 19.3.